The zero-order valence-electron chi connectivity index (χ0n) is 12.5. The van der Waals surface area contributed by atoms with Crippen molar-refractivity contribution in [1.82, 2.24) is 5.32 Å². The molecule has 0 aromatic heterocycles. The van der Waals surface area contributed by atoms with E-state index in [2.05, 4.69) is 5.32 Å². The van der Waals surface area contributed by atoms with E-state index in [4.69, 9.17) is 9.47 Å². The van der Waals surface area contributed by atoms with Crippen LogP contribution in [0.4, 0.5) is 8.78 Å². The number of hydrogen-bond acceptors (Lipinski definition) is 3. The van der Waals surface area contributed by atoms with Crippen molar-refractivity contribution in [3.8, 4) is 5.75 Å². The fourth-order valence-electron chi connectivity index (χ4n) is 2.38. The maximum Gasteiger partial charge on any atom is 0.190 e. The summed E-state index contributed by atoms with van der Waals surface area (Å²) in [7, 11) is 0. The van der Waals surface area contributed by atoms with E-state index in [1.165, 1.54) is 12.1 Å². The molecule has 1 aromatic rings. The molecule has 1 fully saturated rings. The third-order valence-electron chi connectivity index (χ3n) is 3.62. The quantitative estimate of drug-likeness (QED) is 0.784. The summed E-state index contributed by atoms with van der Waals surface area (Å²) in [5.74, 6) is -1.21. The van der Waals surface area contributed by atoms with Crippen LogP contribution in [-0.2, 0) is 11.3 Å². The molecule has 1 heterocycles. The van der Waals surface area contributed by atoms with Gasteiger partial charge in [0.05, 0.1) is 6.61 Å². The van der Waals surface area contributed by atoms with Crippen molar-refractivity contribution in [2.24, 2.45) is 5.92 Å². The first-order chi connectivity index (χ1) is 10.2. The van der Waals surface area contributed by atoms with Gasteiger partial charge in [0.1, 0.15) is 0 Å². The lowest BCUT2D eigenvalue weighted by Crippen LogP contribution is -2.22. The van der Waals surface area contributed by atoms with Crippen LogP contribution < -0.4 is 10.1 Å². The Morgan fingerprint density at radius 2 is 1.90 bits per heavy atom. The molecule has 0 aliphatic carbocycles. The van der Waals surface area contributed by atoms with Crippen LogP contribution in [0, 0.1) is 17.6 Å². The van der Waals surface area contributed by atoms with Crippen LogP contribution in [0.5, 0.6) is 5.75 Å². The van der Waals surface area contributed by atoms with Crippen molar-refractivity contribution in [3.05, 3.63) is 29.3 Å². The molecule has 1 N–H and O–H groups in total. The van der Waals surface area contributed by atoms with Gasteiger partial charge in [-0.2, -0.15) is 0 Å². The lowest BCUT2D eigenvalue weighted by molar-refractivity contribution is 0.0485. The molecule has 0 radical (unpaired) electrons. The Bertz CT molecular complexity index is 425. The molecule has 118 valence electrons. The standard InChI is InChI=1S/C16H23F2NO2/c1-2-5-19-10-13-8-14(17)16(15(18)9-13)21-11-12-3-6-20-7-4-12/h8-9,12,19H,2-7,10-11H2,1H3. The summed E-state index contributed by atoms with van der Waals surface area (Å²) in [6, 6.07) is 2.68. The van der Waals surface area contributed by atoms with Crippen molar-refractivity contribution < 1.29 is 18.3 Å². The topological polar surface area (TPSA) is 30.5 Å². The molecule has 1 aromatic carbocycles. The van der Waals surface area contributed by atoms with Crippen molar-refractivity contribution >= 4 is 0 Å². The normalized spacial score (nSPS) is 16.1. The molecule has 0 atom stereocenters. The maximum atomic E-state index is 14.0. The molecular weight excluding hydrogens is 276 g/mol. The van der Waals surface area contributed by atoms with Gasteiger partial charge in [0.15, 0.2) is 17.4 Å². The third kappa shape index (κ3) is 4.93. The number of rotatable bonds is 7. The summed E-state index contributed by atoms with van der Waals surface area (Å²) in [4.78, 5) is 0. The molecule has 0 bridgehead atoms. The highest BCUT2D eigenvalue weighted by atomic mass is 19.1. The molecule has 1 aliphatic heterocycles. The molecule has 1 aliphatic rings. The smallest absolute Gasteiger partial charge is 0.190 e. The third-order valence-corrected chi connectivity index (χ3v) is 3.62. The van der Waals surface area contributed by atoms with Crippen molar-refractivity contribution in [2.45, 2.75) is 32.7 Å². The summed E-state index contributed by atoms with van der Waals surface area (Å²) in [5, 5.41) is 3.12. The molecule has 0 spiro atoms. The molecule has 5 heteroatoms. The van der Waals surface area contributed by atoms with Gasteiger partial charge in [-0.1, -0.05) is 6.92 Å². The van der Waals surface area contributed by atoms with E-state index in [9.17, 15) is 8.78 Å². The second-order valence-corrected chi connectivity index (χ2v) is 5.43. The maximum absolute atomic E-state index is 14.0. The first kappa shape index (κ1) is 16.2. The Balaban J connectivity index is 1.92. The molecule has 0 amide bonds. The van der Waals surface area contributed by atoms with Crippen LogP contribution in [0.2, 0.25) is 0 Å². The van der Waals surface area contributed by atoms with Crippen LogP contribution >= 0.6 is 0 Å². The van der Waals surface area contributed by atoms with Crippen LogP contribution in [0.1, 0.15) is 31.7 Å². The van der Waals surface area contributed by atoms with E-state index >= 15 is 0 Å². The summed E-state index contributed by atoms with van der Waals surface area (Å²) >= 11 is 0. The predicted octanol–water partition coefficient (Wildman–Crippen LogP) is 3.27. The van der Waals surface area contributed by atoms with Gasteiger partial charge < -0.3 is 14.8 Å². The molecule has 0 unspecified atom stereocenters. The number of benzene rings is 1. The van der Waals surface area contributed by atoms with E-state index in [0.717, 1.165) is 25.8 Å². The lowest BCUT2D eigenvalue weighted by Gasteiger charge is -2.22. The molecule has 1 saturated heterocycles. The Morgan fingerprint density at radius 1 is 1.24 bits per heavy atom. The molecule has 0 saturated carbocycles. The van der Waals surface area contributed by atoms with Gasteiger partial charge in [-0.3, -0.25) is 0 Å². The van der Waals surface area contributed by atoms with Gasteiger partial charge in [-0.15, -0.1) is 0 Å². The van der Waals surface area contributed by atoms with Gasteiger partial charge >= 0.3 is 0 Å². The van der Waals surface area contributed by atoms with E-state index in [1.54, 1.807) is 0 Å². The van der Waals surface area contributed by atoms with Gasteiger partial charge in [-0.25, -0.2) is 8.78 Å². The fraction of sp³-hybridized carbons (Fsp3) is 0.625. The van der Waals surface area contributed by atoms with E-state index in [-0.39, 0.29) is 5.75 Å². The van der Waals surface area contributed by atoms with Gasteiger partial charge in [0.2, 0.25) is 0 Å². The first-order valence-electron chi connectivity index (χ1n) is 7.60. The number of hydrogen-bond donors (Lipinski definition) is 1. The predicted molar refractivity (Wildman–Crippen MR) is 77.4 cm³/mol. The zero-order valence-corrected chi connectivity index (χ0v) is 12.5. The van der Waals surface area contributed by atoms with Crippen molar-refractivity contribution in [2.75, 3.05) is 26.4 Å². The minimum Gasteiger partial charge on any atom is -0.487 e. The summed E-state index contributed by atoms with van der Waals surface area (Å²) < 4.78 is 38.5. The Labute approximate surface area is 124 Å². The monoisotopic (exact) mass is 299 g/mol. The minimum atomic E-state index is -0.629. The summed E-state index contributed by atoms with van der Waals surface area (Å²) in [6.07, 6.45) is 2.74. The second-order valence-electron chi connectivity index (χ2n) is 5.43. The summed E-state index contributed by atoms with van der Waals surface area (Å²) in [6.45, 7) is 5.06. The SMILES string of the molecule is CCCNCc1cc(F)c(OCC2CCOCC2)c(F)c1. The Morgan fingerprint density at radius 3 is 2.52 bits per heavy atom. The average molecular weight is 299 g/mol. The van der Waals surface area contributed by atoms with Gasteiger partial charge in [0, 0.05) is 19.8 Å². The highest BCUT2D eigenvalue weighted by molar-refractivity contribution is 5.31. The fourth-order valence-corrected chi connectivity index (χ4v) is 2.38. The van der Waals surface area contributed by atoms with Crippen molar-refractivity contribution in [3.63, 3.8) is 0 Å². The molecule has 3 nitrogen and oxygen atoms in total. The Hall–Kier alpha value is -1.20. The second kappa shape index (κ2) is 8.29. The largest absolute Gasteiger partial charge is 0.487 e. The van der Waals surface area contributed by atoms with Crippen LogP contribution in [0.3, 0.4) is 0 Å². The van der Waals surface area contributed by atoms with Crippen LogP contribution in [-0.4, -0.2) is 26.4 Å². The van der Waals surface area contributed by atoms with Gasteiger partial charge in [0.25, 0.3) is 0 Å². The Kier molecular flexibility index (Phi) is 6.39. The van der Waals surface area contributed by atoms with E-state index < -0.39 is 11.6 Å². The lowest BCUT2D eigenvalue weighted by atomic mass is 10.0. The molecule has 21 heavy (non-hydrogen) atoms. The van der Waals surface area contributed by atoms with E-state index in [1.807, 2.05) is 6.92 Å². The first-order valence-corrected chi connectivity index (χ1v) is 7.60. The number of nitrogens with one attached hydrogen (secondary N) is 1. The number of halogens is 2. The molecule has 2 rings (SSSR count). The summed E-state index contributed by atoms with van der Waals surface area (Å²) in [5.41, 5.74) is 0.594. The van der Waals surface area contributed by atoms with E-state index in [0.29, 0.717) is 37.8 Å². The van der Waals surface area contributed by atoms with Crippen molar-refractivity contribution in [1.29, 1.82) is 0 Å². The zero-order chi connectivity index (χ0) is 15.1. The average Bonchev–Trinajstić information content (AvgIpc) is 2.48. The van der Waals surface area contributed by atoms with Gasteiger partial charge in [-0.05, 0) is 49.4 Å². The highest BCUT2D eigenvalue weighted by Crippen LogP contribution is 2.25. The minimum absolute atomic E-state index is 0.263. The molecular formula is C16H23F2NO2. The number of ether oxygens (including phenoxy) is 2. The van der Waals surface area contributed by atoms with Crippen LogP contribution in [0.25, 0.3) is 0 Å². The van der Waals surface area contributed by atoms with Crippen LogP contribution in [0.15, 0.2) is 12.1 Å². The highest BCUT2D eigenvalue weighted by Gasteiger charge is 2.18.